The normalized spacial score (nSPS) is 18.0. The summed E-state index contributed by atoms with van der Waals surface area (Å²) in [6.45, 7) is 2.54. The lowest BCUT2D eigenvalue weighted by atomic mass is 10.1. The number of morpholine rings is 1. The molecule has 4 rings (SSSR count). The van der Waals surface area contributed by atoms with Gasteiger partial charge >= 0.3 is 6.03 Å². The molecule has 7 nitrogen and oxygen atoms in total. The lowest BCUT2D eigenvalue weighted by molar-refractivity contribution is 0.0303. The van der Waals surface area contributed by atoms with Gasteiger partial charge in [0.05, 0.1) is 30.3 Å². The molecule has 8 heteroatoms. The maximum atomic E-state index is 12.6. The minimum absolute atomic E-state index is 0.0877. The molecule has 2 aliphatic heterocycles. The second-order valence-electron chi connectivity index (χ2n) is 6.99. The number of hydrogen-bond acceptors (Lipinski definition) is 4. The molecule has 0 bridgehead atoms. The van der Waals surface area contributed by atoms with Crippen LogP contribution in [0, 0.1) is 0 Å². The van der Waals surface area contributed by atoms with Crippen molar-refractivity contribution < 1.29 is 19.1 Å². The number of carbonyl (C=O) groups is 2. The maximum Gasteiger partial charge on any atom is 0.319 e. The van der Waals surface area contributed by atoms with Crippen molar-refractivity contribution in [1.29, 1.82) is 0 Å². The Morgan fingerprint density at radius 3 is 2.69 bits per heavy atom. The van der Waals surface area contributed by atoms with Crippen molar-refractivity contribution in [3.63, 3.8) is 0 Å². The summed E-state index contributed by atoms with van der Waals surface area (Å²) in [7, 11) is 0. The van der Waals surface area contributed by atoms with Crippen molar-refractivity contribution in [1.82, 2.24) is 10.2 Å². The fraction of sp³-hybridized carbons (Fsp3) is 0.333. The molecule has 0 aliphatic carbocycles. The minimum atomic E-state index is -0.354. The van der Waals surface area contributed by atoms with Crippen molar-refractivity contribution in [2.45, 2.75) is 12.5 Å². The number of anilines is 1. The first-order valence-corrected chi connectivity index (χ1v) is 9.94. The molecule has 1 saturated heterocycles. The Balaban J connectivity index is 1.29. The zero-order chi connectivity index (χ0) is 20.2. The van der Waals surface area contributed by atoms with Crippen molar-refractivity contribution in [2.24, 2.45) is 0 Å². The summed E-state index contributed by atoms with van der Waals surface area (Å²) in [4.78, 5) is 26.5. The molecule has 1 atom stereocenters. The third-order valence-electron chi connectivity index (χ3n) is 4.96. The maximum absolute atomic E-state index is 12.6. The van der Waals surface area contributed by atoms with E-state index < -0.39 is 0 Å². The number of para-hydroxylation sites is 1. The van der Waals surface area contributed by atoms with Crippen molar-refractivity contribution >= 4 is 29.2 Å². The highest BCUT2D eigenvalue weighted by molar-refractivity contribution is 6.34. The van der Waals surface area contributed by atoms with Crippen LogP contribution in [0.5, 0.6) is 5.75 Å². The van der Waals surface area contributed by atoms with Crippen LogP contribution < -0.4 is 15.4 Å². The lowest BCUT2D eigenvalue weighted by Gasteiger charge is -2.27. The fourth-order valence-electron chi connectivity index (χ4n) is 3.45. The number of nitrogens with one attached hydrogen (secondary N) is 2. The average Bonchev–Trinajstić information content (AvgIpc) is 3.16. The van der Waals surface area contributed by atoms with E-state index in [2.05, 4.69) is 10.6 Å². The van der Waals surface area contributed by atoms with Gasteiger partial charge < -0.3 is 25.0 Å². The SMILES string of the molecule is O=C(NC[C@@H]1Cc2ccccc2O1)Nc1ccc(C(=O)N2CCOCC2)c(Cl)c1. The molecule has 0 radical (unpaired) electrons. The number of hydrogen-bond donors (Lipinski definition) is 2. The van der Waals surface area contributed by atoms with Gasteiger partial charge in [-0.1, -0.05) is 29.8 Å². The molecule has 0 unspecified atom stereocenters. The van der Waals surface area contributed by atoms with Gasteiger partial charge in [0.2, 0.25) is 0 Å². The summed E-state index contributed by atoms with van der Waals surface area (Å²) in [5, 5.41) is 5.85. The van der Waals surface area contributed by atoms with Gasteiger partial charge in [-0.2, -0.15) is 0 Å². The summed E-state index contributed by atoms with van der Waals surface area (Å²) in [5.74, 6) is 0.735. The number of rotatable bonds is 4. The van der Waals surface area contributed by atoms with Crippen LogP contribution in [-0.2, 0) is 11.2 Å². The Morgan fingerprint density at radius 2 is 1.93 bits per heavy atom. The van der Waals surface area contributed by atoms with Gasteiger partial charge in [-0.25, -0.2) is 4.79 Å². The second kappa shape index (κ2) is 8.71. The van der Waals surface area contributed by atoms with Crippen LogP contribution in [0.1, 0.15) is 15.9 Å². The number of carbonyl (C=O) groups excluding carboxylic acids is 2. The van der Waals surface area contributed by atoms with Crippen LogP contribution in [0.3, 0.4) is 0 Å². The van der Waals surface area contributed by atoms with Gasteiger partial charge in [-0.15, -0.1) is 0 Å². The number of halogens is 1. The van der Waals surface area contributed by atoms with E-state index in [9.17, 15) is 9.59 Å². The Bertz CT molecular complexity index is 890. The number of benzene rings is 2. The number of urea groups is 1. The predicted octanol–water partition coefficient (Wildman–Crippen LogP) is 2.94. The molecular formula is C21H22ClN3O4. The predicted molar refractivity (Wildman–Crippen MR) is 110 cm³/mol. The molecule has 3 amide bonds. The highest BCUT2D eigenvalue weighted by Gasteiger charge is 2.23. The Kier molecular flexibility index (Phi) is 5.87. The number of ether oxygens (including phenoxy) is 2. The van der Waals surface area contributed by atoms with Crippen LogP contribution in [0.2, 0.25) is 5.02 Å². The molecule has 152 valence electrons. The Hall–Kier alpha value is -2.77. The van der Waals surface area contributed by atoms with Crippen molar-refractivity contribution in [3.05, 3.63) is 58.6 Å². The van der Waals surface area contributed by atoms with E-state index in [0.717, 1.165) is 17.7 Å². The second-order valence-corrected chi connectivity index (χ2v) is 7.39. The summed E-state index contributed by atoms with van der Waals surface area (Å²) in [6.07, 6.45) is 0.677. The molecule has 2 aromatic rings. The average molecular weight is 416 g/mol. The molecule has 2 aromatic carbocycles. The van der Waals surface area contributed by atoms with E-state index in [0.29, 0.717) is 49.1 Å². The zero-order valence-electron chi connectivity index (χ0n) is 15.8. The molecule has 0 saturated carbocycles. The van der Waals surface area contributed by atoms with Crippen LogP contribution in [-0.4, -0.2) is 55.8 Å². The topological polar surface area (TPSA) is 79.9 Å². The molecule has 0 aromatic heterocycles. The van der Waals surface area contributed by atoms with E-state index >= 15 is 0 Å². The Labute approximate surface area is 173 Å². The number of amides is 3. The van der Waals surface area contributed by atoms with Gasteiger partial charge in [-0.3, -0.25) is 4.79 Å². The zero-order valence-corrected chi connectivity index (χ0v) is 16.6. The van der Waals surface area contributed by atoms with E-state index in [1.807, 2.05) is 24.3 Å². The fourth-order valence-corrected chi connectivity index (χ4v) is 3.71. The molecule has 2 heterocycles. The van der Waals surface area contributed by atoms with Crippen LogP contribution in [0.15, 0.2) is 42.5 Å². The molecule has 29 heavy (non-hydrogen) atoms. The molecular weight excluding hydrogens is 394 g/mol. The first-order chi connectivity index (χ1) is 14.1. The highest BCUT2D eigenvalue weighted by Crippen LogP contribution is 2.28. The van der Waals surface area contributed by atoms with Crippen molar-refractivity contribution in [2.75, 3.05) is 38.2 Å². The van der Waals surface area contributed by atoms with E-state index in [4.69, 9.17) is 21.1 Å². The highest BCUT2D eigenvalue weighted by atomic mass is 35.5. The first-order valence-electron chi connectivity index (χ1n) is 9.56. The summed E-state index contributed by atoms with van der Waals surface area (Å²) >= 11 is 6.29. The summed E-state index contributed by atoms with van der Waals surface area (Å²) < 4.78 is 11.1. The van der Waals surface area contributed by atoms with Gasteiger partial charge in [0, 0.05) is 25.2 Å². The van der Waals surface area contributed by atoms with E-state index in [1.165, 1.54) is 0 Å². The van der Waals surface area contributed by atoms with Crippen LogP contribution in [0.25, 0.3) is 0 Å². The molecule has 0 spiro atoms. The van der Waals surface area contributed by atoms with E-state index in [-0.39, 0.29) is 18.0 Å². The largest absolute Gasteiger partial charge is 0.488 e. The quantitative estimate of drug-likeness (QED) is 0.804. The third-order valence-corrected chi connectivity index (χ3v) is 5.27. The third kappa shape index (κ3) is 4.63. The standard InChI is InChI=1S/C21H22ClN3O4/c22-18-12-15(5-6-17(18)20(26)25-7-9-28-10-8-25)24-21(27)23-13-16-11-14-3-1-2-4-19(14)29-16/h1-6,12,16H,7-11,13H2,(H2,23,24,27)/t16-/m0/s1. The molecule has 2 N–H and O–H groups in total. The lowest BCUT2D eigenvalue weighted by Crippen LogP contribution is -2.40. The van der Waals surface area contributed by atoms with Gasteiger partial charge in [-0.05, 0) is 29.8 Å². The molecule has 2 aliphatic rings. The van der Waals surface area contributed by atoms with Gasteiger partial charge in [0.1, 0.15) is 11.9 Å². The van der Waals surface area contributed by atoms with Crippen LogP contribution >= 0.6 is 11.6 Å². The van der Waals surface area contributed by atoms with Crippen molar-refractivity contribution in [3.8, 4) is 5.75 Å². The smallest absolute Gasteiger partial charge is 0.319 e. The van der Waals surface area contributed by atoms with Crippen LogP contribution in [0.4, 0.5) is 10.5 Å². The summed E-state index contributed by atoms with van der Waals surface area (Å²) in [6, 6.07) is 12.4. The monoisotopic (exact) mass is 415 g/mol. The van der Waals surface area contributed by atoms with Gasteiger partial charge in [0.25, 0.3) is 5.91 Å². The minimum Gasteiger partial charge on any atom is -0.488 e. The number of fused-ring (bicyclic) bond motifs is 1. The van der Waals surface area contributed by atoms with E-state index in [1.54, 1.807) is 23.1 Å². The van der Waals surface area contributed by atoms with Gasteiger partial charge in [0.15, 0.2) is 0 Å². The first kappa shape index (κ1) is 19.5. The number of nitrogens with zero attached hydrogens (tertiary/aromatic N) is 1. The Morgan fingerprint density at radius 1 is 1.14 bits per heavy atom. The molecule has 1 fully saturated rings. The summed E-state index contributed by atoms with van der Waals surface area (Å²) in [5.41, 5.74) is 2.07.